The van der Waals surface area contributed by atoms with Crippen molar-refractivity contribution >= 4 is 16.0 Å². The maximum absolute atomic E-state index is 11.4. The van der Waals surface area contributed by atoms with Crippen LogP contribution in [0.3, 0.4) is 0 Å². The van der Waals surface area contributed by atoms with Gasteiger partial charge in [-0.3, -0.25) is 4.55 Å². The predicted molar refractivity (Wildman–Crippen MR) is 94.4 cm³/mol. The van der Waals surface area contributed by atoms with Crippen LogP contribution in [0.1, 0.15) is 90.4 Å². The van der Waals surface area contributed by atoms with Gasteiger partial charge in [-0.25, -0.2) is 0 Å². The second-order valence-electron chi connectivity index (χ2n) is 6.20. The van der Waals surface area contributed by atoms with Crippen molar-refractivity contribution in [1.29, 1.82) is 0 Å². The molecular formula is C17H34KNO4S. The average Bonchev–Trinajstić information content (AvgIpc) is 2.48. The van der Waals surface area contributed by atoms with Crippen LogP contribution in [0.2, 0.25) is 0 Å². The third-order valence-corrected chi connectivity index (χ3v) is 4.65. The first kappa shape index (κ1) is 27.2. The molecule has 1 N–H and O–H groups in total. The largest absolute Gasteiger partial charge is 1.00 e. The molecule has 0 aliphatic rings. The van der Waals surface area contributed by atoms with Crippen LogP contribution in [-0.2, 0) is 10.1 Å². The van der Waals surface area contributed by atoms with E-state index in [1.165, 1.54) is 57.8 Å². The van der Waals surface area contributed by atoms with E-state index in [9.17, 15) is 13.5 Å². The Morgan fingerprint density at radius 1 is 0.875 bits per heavy atom. The molecule has 138 valence electrons. The van der Waals surface area contributed by atoms with Gasteiger partial charge < -0.3 is 10.1 Å². The van der Waals surface area contributed by atoms with Gasteiger partial charge in [0.25, 0.3) is 10.1 Å². The van der Waals surface area contributed by atoms with E-state index >= 15 is 0 Å². The summed E-state index contributed by atoms with van der Waals surface area (Å²) in [7, 11) is -3.93. The first-order valence-electron chi connectivity index (χ1n) is 9.11. The summed E-state index contributed by atoms with van der Waals surface area (Å²) in [6.45, 7) is 2.41. The Morgan fingerprint density at radius 3 is 1.79 bits per heavy atom. The van der Waals surface area contributed by atoms with Crippen molar-refractivity contribution in [1.82, 2.24) is 0 Å². The van der Waals surface area contributed by atoms with Crippen LogP contribution >= 0.6 is 0 Å². The zero-order valence-corrected chi connectivity index (χ0v) is 19.6. The molecule has 0 aromatic heterocycles. The van der Waals surface area contributed by atoms with E-state index < -0.39 is 10.1 Å². The van der Waals surface area contributed by atoms with Crippen molar-refractivity contribution in [2.75, 3.05) is 12.3 Å². The van der Waals surface area contributed by atoms with Crippen LogP contribution in [-0.4, -0.2) is 31.2 Å². The van der Waals surface area contributed by atoms with Crippen LogP contribution in [0, 0.1) is 0 Å². The Balaban J connectivity index is 0. The van der Waals surface area contributed by atoms with E-state index in [0.717, 1.165) is 12.8 Å². The maximum atomic E-state index is 11.4. The van der Waals surface area contributed by atoms with E-state index in [2.05, 4.69) is 11.9 Å². The monoisotopic (exact) mass is 387 g/mol. The quantitative estimate of drug-likeness (QED) is 0.139. The summed E-state index contributed by atoms with van der Waals surface area (Å²) in [5, 5.41) is 11.4. The summed E-state index contributed by atoms with van der Waals surface area (Å²) >= 11 is 0. The minimum Gasteiger partial charge on any atom is -0.862 e. The minimum atomic E-state index is -3.93. The molecule has 0 radical (unpaired) electrons. The summed E-state index contributed by atoms with van der Waals surface area (Å²) in [5.41, 5.74) is 0. The number of hydrogen-bond acceptors (Lipinski definition) is 4. The van der Waals surface area contributed by atoms with Crippen molar-refractivity contribution in [2.24, 2.45) is 4.99 Å². The van der Waals surface area contributed by atoms with Gasteiger partial charge in [0.1, 0.15) is 0 Å². The summed E-state index contributed by atoms with van der Waals surface area (Å²) in [6, 6.07) is 0. The van der Waals surface area contributed by atoms with E-state index in [-0.39, 0.29) is 76.0 Å². The fraction of sp³-hybridized carbons (Fsp3) is 0.941. The molecule has 0 aliphatic heterocycles. The Kier molecular flexibility index (Phi) is 21.3. The van der Waals surface area contributed by atoms with Crippen molar-refractivity contribution in [3.63, 3.8) is 0 Å². The summed E-state index contributed by atoms with van der Waals surface area (Å²) < 4.78 is 29.5. The van der Waals surface area contributed by atoms with E-state index in [0.29, 0.717) is 6.42 Å². The fourth-order valence-corrected chi connectivity index (χ4v) is 2.96. The van der Waals surface area contributed by atoms with Gasteiger partial charge in [0.2, 0.25) is 0 Å². The summed E-state index contributed by atoms with van der Waals surface area (Å²) in [4.78, 5) is 3.80. The normalized spacial score (nSPS) is 12.2. The van der Waals surface area contributed by atoms with Crippen LogP contribution in [0.5, 0.6) is 0 Å². The Bertz CT molecular complexity index is 399. The number of nitrogens with zero attached hydrogens (tertiary/aromatic N) is 1. The molecule has 0 aliphatic carbocycles. The third-order valence-electron chi connectivity index (χ3n) is 3.84. The van der Waals surface area contributed by atoms with Gasteiger partial charge in [-0.15, -0.1) is 0 Å². The standard InChI is InChI=1S/C17H35NO4S.K/c1-2-3-4-5-6-7-8-9-10-11-12-14-17(19)18-15-13-16-23(20,21)22;/h2-16H2,1H3,(H,18,19)(H,20,21,22);/q;+1/p-1. The fourth-order valence-electron chi connectivity index (χ4n) is 2.47. The Labute approximate surface area is 191 Å². The summed E-state index contributed by atoms with van der Waals surface area (Å²) in [6.07, 6.45) is 14.3. The zero-order valence-electron chi connectivity index (χ0n) is 15.6. The van der Waals surface area contributed by atoms with Crippen molar-refractivity contribution in [3.8, 4) is 0 Å². The van der Waals surface area contributed by atoms with Crippen LogP contribution in [0.15, 0.2) is 4.99 Å². The molecule has 0 aromatic carbocycles. The predicted octanol–water partition coefficient (Wildman–Crippen LogP) is 0.728. The molecule has 7 heteroatoms. The molecule has 0 aromatic rings. The Hall–Kier alpha value is 1.02. The molecule has 0 heterocycles. The van der Waals surface area contributed by atoms with Gasteiger partial charge in [-0.2, -0.15) is 8.42 Å². The first-order chi connectivity index (χ1) is 11.0. The van der Waals surface area contributed by atoms with Gasteiger partial charge in [-0.1, -0.05) is 71.1 Å². The molecule has 0 amide bonds. The van der Waals surface area contributed by atoms with Crippen molar-refractivity contribution in [3.05, 3.63) is 0 Å². The molecule has 0 saturated carbocycles. The smallest absolute Gasteiger partial charge is 0.862 e. The SMILES string of the molecule is CCCCCCCCCCCCCC([O-])=NCCCS(=O)(=O)O.[K+]. The molecule has 0 saturated heterocycles. The first-order valence-corrected chi connectivity index (χ1v) is 10.7. The number of rotatable bonds is 16. The molecule has 0 unspecified atom stereocenters. The van der Waals surface area contributed by atoms with E-state index in [4.69, 9.17) is 4.55 Å². The maximum Gasteiger partial charge on any atom is 1.00 e. The Morgan fingerprint density at radius 2 is 1.33 bits per heavy atom. The topological polar surface area (TPSA) is 89.8 Å². The molecule has 0 bridgehead atoms. The van der Waals surface area contributed by atoms with Gasteiger partial charge >= 0.3 is 51.4 Å². The van der Waals surface area contributed by atoms with Crippen LogP contribution < -0.4 is 56.5 Å². The van der Waals surface area contributed by atoms with Crippen molar-refractivity contribution < 1.29 is 69.5 Å². The van der Waals surface area contributed by atoms with Crippen LogP contribution in [0.25, 0.3) is 0 Å². The molecule has 0 fully saturated rings. The molecule has 0 rings (SSSR count). The number of hydrogen-bond donors (Lipinski definition) is 1. The van der Waals surface area contributed by atoms with Gasteiger partial charge in [-0.05, 0) is 25.2 Å². The minimum absolute atomic E-state index is 0. The van der Waals surface area contributed by atoms with Gasteiger partial charge in [0, 0.05) is 6.54 Å². The van der Waals surface area contributed by atoms with Crippen LogP contribution in [0.4, 0.5) is 0 Å². The second-order valence-corrected chi connectivity index (χ2v) is 7.77. The third kappa shape index (κ3) is 23.0. The number of aliphatic imine (C=N–C) groups is 1. The molecule has 24 heavy (non-hydrogen) atoms. The van der Waals surface area contributed by atoms with E-state index in [1.54, 1.807) is 0 Å². The molecule has 0 atom stereocenters. The number of unbranched alkanes of at least 4 members (excludes halogenated alkanes) is 10. The zero-order chi connectivity index (χ0) is 17.4. The van der Waals surface area contributed by atoms with Gasteiger partial charge in [0.05, 0.1) is 5.75 Å². The average molecular weight is 388 g/mol. The summed E-state index contributed by atoms with van der Waals surface area (Å²) in [5.74, 6) is -0.487. The molecule has 5 nitrogen and oxygen atoms in total. The molecular weight excluding hydrogens is 353 g/mol. The molecule has 0 spiro atoms. The second kappa shape index (κ2) is 18.8. The van der Waals surface area contributed by atoms with Gasteiger partial charge in [0.15, 0.2) is 0 Å². The van der Waals surface area contributed by atoms with E-state index in [1.807, 2.05) is 0 Å². The van der Waals surface area contributed by atoms with Crippen molar-refractivity contribution in [2.45, 2.75) is 90.4 Å².